The fourth-order valence-corrected chi connectivity index (χ4v) is 2.63. The highest BCUT2D eigenvalue weighted by Crippen LogP contribution is 2.33. The smallest absolute Gasteiger partial charge is 0.0110 e. The van der Waals surface area contributed by atoms with E-state index in [9.17, 15) is 0 Å². The second-order valence-corrected chi connectivity index (χ2v) is 4.55. The van der Waals surface area contributed by atoms with Crippen LogP contribution in [0, 0.1) is 0 Å². The highest BCUT2D eigenvalue weighted by Gasteiger charge is 2.33. The standard InChI is InChI=1S/C11H22N2/c12-8-9-13(11-6-7-11)10-4-2-1-3-5-10/h10-11H,1-9,12H2. The molecule has 2 heteroatoms. The van der Waals surface area contributed by atoms with E-state index in [2.05, 4.69) is 4.90 Å². The molecule has 0 atom stereocenters. The van der Waals surface area contributed by atoms with Crippen LogP contribution in [0.25, 0.3) is 0 Å². The van der Waals surface area contributed by atoms with Gasteiger partial charge >= 0.3 is 0 Å². The Bertz CT molecular complexity index is 148. The van der Waals surface area contributed by atoms with E-state index in [4.69, 9.17) is 5.73 Å². The van der Waals surface area contributed by atoms with Crippen molar-refractivity contribution < 1.29 is 0 Å². The van der Waals surface area contributed by atoms with Crippen LogP contribution in [0.15, 0.2) is 0 Å². The van der Waals surface area contributed by atoms with E-state index in [0.29, 0.717) is 0 Å². The molecule has 0 saturated heterocycles. The first-order valence-corrected chi connectivity index (χ1v) is 5.87. The Balaban J connectivity index is 1.84. The summed E-state index contributed by atoms with van der Waals surface area (Å²) in [6.45, 7) is 1.97. The molecule has 0 heterocycles. The minimum atomic E-state index is 0.840. The summed E-state index contributed by atoms with van der Waals surface area (Å²) < 4.78 is 0. The van der Waals surface area contributed by atoms with Gasteiger partial charge in [-0.2, -0.15) is 0 Å². The van der Waals surface area contributed by atoms with Crippen molar-refractivity contribution in [3.8, 4) is 0 Å². The summed E-state index contributed by atoms with van der Waals surface area (Å²) in [6.07, 6.45) is 10.1. The van der Waals surface area contributed by atoms with E-state index in [0.717, 1.165) is 25.2 Å². The van der Waals surface area contributed by atoms with Crippen LogP contribution in [0.5, 0.6) is 0 Å². The molecule has 2 nitrogen and oxygen atoms in total. The monoisotopic (exact) mass is 182 g/mol. The van der Waals surface area contributed by atoms with Crippen LogP contribution in [0.1, 0.15) is 44.9 Å². The lowest BCUT2D eigenvalue weighted by Gasteiger charge is -2.34. The second kappa shape index (κ2) is 4.43. The third kappa shape index (κ3) is 2.44. The van der Waals surface area contributed by atoms with E-state index in [1.807, 2.05) is 0 Å². The molecule has 0 amide bonds. The first-order valence-electron chi connectivity index (χ1n) is 5.87. The van der Waals surface area contributed by atoms with Gasteiger partial charge in [0.25, 0.3) is 0 Å². The van der Waals surface area contributed by atoms with Crippen LogP contribution in [0.4, 0.5) is 0 Å². The summed E-state index contributed by atoms with van der Waals surface area (Å²) in [5.74, 6) is 0. The minimum Gasteiger partial charge on any atom is -0.329 e. The molecule has 2 aliphatic carbocycles. The predicted octanol–water partition coefficient (Wildman–Crippen LogP) is 1.74. The van der Waals surface area contributed by atoms with Gasteiger partial charge in [0.15, 0.2) is 0 Å². The van der Waals surface area contributed by atoms with Gasteiger partial charge < -0.3 is 5.73 Å². The Kier molecular flexibility index (Phi) is 3.23. The molecule has 0 unspecified atom stereocenters. The van der Waals surface area contributed by atoms with Gasteiger partial charge in [-0.05, 0) is 25.7 Å². The lowest BCUT2D eigenvalue weighted by atomic mass is 9.94. The Hall–Kier alpha value is -0.0800. The number of nitrogens with zero attached hydrogens (tertiary/aromatic N) is 1. The fraction of sp³-hybridized carbons (Fsp3) is 1.00. The molecule has 0 aromatic heterocycles. The minimum absolute atomic E-state index is 0.840. The van der Waals surface area contributed by atoms with Crippen molar-refractivity contribution in [2.24, 2.45) is 5.73 Å². The first-order chi connectivity index (χ1) is 6.42. The molecule has 76 valence electrons. The predicted molar refractivity (Wildman–Crippen MR) is 55.7 cm³/mol. The molecule has 0 spiro atoms. The van der Waals surface area contributed by atoms with Gasteiger partial charge in [0.1, 0.15) is 0 Å². The van der Waals surface area contributed by atoms with Crippen LogP contribution in [-0.2, 0) is 0 Å². The van der Waals surface area contributed by atoms with Crippen molar-refractivity contribution in [3.05, 3.63) is 0 Å². The maximum Gasteiger partial charge on any atom is 0.0110 e. The van der Waals surface area contributed by atoms with Crippen molar-refractivity contribution in [2.75, 3.05) is 13.1 Å². The molecule has 13 heavy (non-hydrogen) atoms. The normalized spacial score (nSPS) is 25.4. The average molecular weight is 182 g/mol. The van der Waals surface area contributed by atoms with Crippen LogP contribution in [0.3, 0.4) is 0 Å². The average Bonchev–Trinajstić information content (AvgIpc) is 2.99. The molecule has 2 rings (SSSR count). The van der Waals surface area contributed by atoms with Crippen LogP contribution < -0.4 is 5.73 Å². The number of nitrogens with two attached hydrogens (primary N) is 1. The van der Waals surface area contributed by atoms with Gasteiger partial charge in [-0.15, -0.1) is 0 Å². The summed E-state index contributed by atoms with van der Waals surface area (Å²) in [6, 6.07) is 1.79. The fourth-order valence-electron chi connectivity index (χ4n) is 2.63. The number of hydrogen-bond acceptors (Lipinski definition) is 2. The maximum atomic E-state index is 5.66. The zero-order valence-electron chi connectivity index (χ0n) is 8.54. The molecule has 0 radical (unpaired) electrons. The lowest BCUT2D eigenvalue weighted by Crippen LogP contribution is -2.41. The molecule has 0 bridgehead atoms. The number of rotatable bonds is 4. The molecule has 2 N–H and O–H groups in total. The highest BCUT2D eigenvalue weighted by molar-refractivity contribution is 4.89. The molecule has 2 fully saturated rings. The first kappa shape index (κ1) is 9.47. The van der Waals surface area contributed by atoms with Gasteiger partial charge in [-0.25, -0.2) is 0 Å². The van der Waals surface area contributed by atoms with E-state index in [1.165, 1.54) is 44.9 Å². The van der Waals surface area contributed by atoms with Gasteiger partial charge in [-0.1, -0.05) is 19.3 Å². The van der Waals surface area contributed by atoms with Gasteiger partial charge in [0, 0.05) is 25.2 Å². The molecule has 2 aliphatic rings. The van der Waals surface area contributed by atoms with E-state index >= 15 is 0 Å². The summed E-state index contributed by atoms with van der Waals surface area (Å²) in [5, 5.41) is 0. The molecule has 0 aliphatic heterocycles. The summed E-state index contributed by atoms with van der Waals surface area (Å²) in [4.78, 5) is 2.69. The van der Waals surface area contributed by atoms with Crippen LogP contribution in [-0.4, -0.2) is 30.1 Å². The Morgan fingerprint density at radius 3 is 2.08 bits per heavy atom. The van der Waals surface area contributed by atoms with E-state index in [-0.39, 0.29) is 0 Å². The Morgan fingerprint density at radius 2 is 1.54 bits per heavy atom. The Morgan fingerprint density at radius 1 is 0.923 bits per heavy atom. The van der Waals surface area contributed by atoms with Crippen molar-refractivity contribution in [2.45, 2.75) is 57.0 Å². The molecular weight excluding hydrogens is 160 g/mol. The third-order valence-electron chi connectivity index (χ3n) is 3.45. The molecule has 0 aromatic carbocycles. The summed E-state index contributed by atoms with van der Waals surface area (Å²) in [7, 11) is 0. The van der Waals surface area contributed by atoms with Gasteiger partial charge in [-0.3, -0.25) is 4.90 Å². The number of hydrogen-bond donors (Lipinski definition) is 1. The molecule has 2 saturated carbocycles. The van der Waals surface area contributed by atoms with Crippen LogP contribution in [0.2, 0.25) is 0 Å². The van der Waals surface area contributed by atoms with Crippen molar-refractivity contribution in [1.29, 1.82) is 0 Å². The van der Waals surface area contributed by atoms with Crippen molar-refractivity contribution >= 4 is 0 Å². The summed E-state index contributed by atoms with van der Waals surface area (Å²) >= 11 is 0. The molecular formula is C11H22N2. The zero-order valence-corrected chi connectivity index (χ0v) is 8.54. The van der Waals surface area contributed by atoms with Crippen molar-refractivity contribution in [3.63, 3.8) is 0 Å². The Labute approximate surface area is 81.5 Å². The topological polar surface area (TPSA) is 29.3 Å². The third-order valence-corrected chi connectivity index (χ3v) is 3.45. The maximum absolute atomic E-state index is 5.66. The van der Waals surface area contributed by atoms with Gasteiger partial charge in [0.05, 0.1) is 0 Å². The lowest BCUT2D eigenvalue weighted by molar-refractivity contribution is 0.151. The SMILES string of the molecule is NCCN(C1CCCCC1)C1CC1. The van der Waals surface area contributed by atoms with Crippen molar-refractivity contribution in [1.82, 2.24) is 4.90 Å². The van der Waals surface area contributed by atoms with E-state index < -0.39 is 0 Å². The zero-order chi connectivity index (χ0) is 9.10. The largest absolute Gasteiger partial charge is 0.329 e. The second-order valence-electron chi connectivity index (χ2n) is 4.55. The van der Waals surface area contributed by atoms with Crippen LogP contribution >= 0.6 is 0 Å². The quantitative estimate of drug-likeness (QED) is 0.717. The highest BCUT2D eigenvalue weighted by atomic mass is 15.2. The molecule has 0 aromatic rings. The van der Waals surface area contributed by atoms with E-state index in [1.54, 1.807) is 0 Å². The summed E-state index contributed by atoms with van der Waals surface area (Å²) in [5.41, 5.74) is 5.66. The van der Waals surface area contributed by atoms with Gasteiger partial charge in [0.2, 0.25) is 0 Å².